The molecule has 0 bridgehead atoms. The van der Waals surface area contributed by atoms with Crippen LogP contribution in [0.5, 0.6) is 0 Å². The maximum absolute atomic E-state index is 9.12. The maximum atomic E-state index is 9.12. The van der Waals surface area contributed by atoms with Gasteiger partial charge in [-0.3, -0.25) is 4.68 Å². The van der Waals surface area contributed by atoms with E-state index in [1.807, 2.05) is 16.9 Å². The number of rotatable bonds is 4. The zero-order chi connectivity index (χ0) is 15.9. The normalized spacial score (nSPS) is 16.2. The van der Waals surface area contributed by atoms with Gasteiger partial charge in [-0.1, -0.05) is 6.92 Å². The smallest absolute Gasteiger partial charge is 0.129 e. The van der Waals surface area contributed by atoms with E-state index in [1.54, 1.807) is 11.3 Å². The van der Waals surface area contributed by atoms with Crippen LogP contribution in [0.25, 0.3) is 21.5 Å². The zero-order valence-corrected chi connectivity index (χ0v) is 13.8. The van der Waals surface area contributed by atoms with E-state index in [2.05, 4.69) is 34.7 Å². The lowest BCUT2D eigenvalue weighted by atomic mass is 9.75. The second-order valence-corrected chi connectivity index (χ2v) is 6.98. The number of fused-ring (bicyclic) bond motifs is 1. The fraction of sp³-hybridized carbons (Fsp3) is 0.412. The Balaban J connectivity index is 1.80. The standard InChI is InChI=1S/C17H17N5S/c1-2-14-20-13-4-9-23-16(13)15(21-14)12-10-19-22(11-12)17(7-8-18)5-3-6-17/h4,9-11H,2-3,5-7H2,1H3. The molecule has 1 aliphatic carbocycles. The van der Waals surface area contributed by atoms with E-state index >= 15 is 0 Å². The van der Waals surface area contributed by atoms with Crippen LogP contribution in [0, 0.1) is 11.3 Å². The summed E-state index contributed by atoms with van der Waals surface area (Å²) in [6, 6.07) is 4.36. The van der Waals surface area contributed by atoms with Gasteiger partial charge in [0.2, 0.25) is 0 Å². The van der Waals surface area contributed by atoms with Crippen molar-refractivity contribution in [3.63, 3.8) is 0 Å². The van der Waals surface area contributed by atoms with E-state index < -0.39 is 0 Å². The van der Waals surface area contributed by atoms with Crippen LogP contribution in [0.3, 0.4) is 0 Å². The van der Waals surface area contributed by atoms with Crippen LogP contribution in [0.2, 0.25) is 0 Å². The third kappa shape index (κ3) is 2.23. The minimum atomic E-state index is -0.109. The van der Waals surface area contributed by atoms with E-state index in [4.69, 9.17) is 10.2 Å². The van der Waals surface area contributed by atoms with Crippen molar-refractivity contribution in [2.45, 2.75) is 44.6 Å². The lowest BCUT2D eigenvalue weighted by Gasteiger charge is -2.40. The predicted molar refractivity (Wildman–Crippen MR) is 90.1 cm³/mol. The minimum absolute atomic E-state index is 0.109. The lowest BCUT2D eigenvalue weighted by molar-refractivity contribution is 0.130. The van der Waals surface area contributed by atoms with Gasteiger partial charge in [0.05, 0.1) is 40.1 Å². The van der Waals surface area contributed by atoms with E-state index in [-0.39, 0.29) is 5.54 Å². The molecule has 4 rings (SSSR count). The first-order valence-electron chi connectivity index (χ1n) is 7.92. The Hall–Kier alpha value is -2.26. The van der Waals surface area contributed by atoms with E-state index in [1.165, 1.54) is 6.42 Å². The highest BCUT2D eigenvalue weighted by atomic mass is 32.1. The second-order valence-electron chi connectivity index (χ2n) is 6.06. The van der Waals surface area contributed by atoms with Gasteiger partial charge in [-0.15, -0.1) is 11.3 Å². The molecule has 3 heterocycles. The molecule has 1 saturated carbocycles. The quantitative estimate of drug-likeness (QED) is 0.730. The Morgan fingerprint density at radius 3 is 2.96 bits per heavy atom. The fourth-order valence-corrected chi connectivity index (χ4v) is 4.03. The van der Waals surface area contributed by atoms with Crippen LogP contribution in [-0.2, 0) is 12.0 Å². The molecule has 23 heavy (non-hydrogen) atoms. The van der Waals surface area contributed by atoms with Crippen molar-refractivity contribution >= 4 is 21.6 Å². The Morgan fingerprint density at radius 1 is 1.39 bits per heavy atom. The number of hydrogen-bond donors (Lipinski definition) is 0. The number of nitriles is 1. The van der Waals surface area contributed by atoms with Gasteiger partial charge in [-0.05, 0) is 30.7 Å². The Kier molecular flexibility index (Phi) is 3.38. The van der Waals surface area contributed by atoms with Crippen LogP contribution in [0.1, 0.15) is 38.4 Å². The Bertz CT molecular complexity index is 897. The summed E-state index contributed by atoms with van der Waals surface area (Å²) >= 11 is 1.66. The molecule has 1 aliphatic rings. The summed E-state index contributed by atoms with van der Waals surface area (Å²) in [5.41, 5.74) is 2.86. The van der Waals surface area contributed by atoms with Crippen LogP contribution >= 0.6 is 11.3 Å². The fourth-order valence-electron chi connectivity index (χ4n) is 3.19. The number of aryl methyl sites for hydroxylation is 1. The van der Waals surface area contributed by atoms with Gasteiger partial charge in [-0.2, -0.15) is 10.4 Å². The molecule has 3 aromatic rings. The molecule has 0 unspecified atom stereocenters. The highest BCUT2D eigenvalue weighted by Crippen LogP contribution is 2.42. The van der Waals surface area contributed by atoms with Crippen molar-refractivity contribution < 1.29 is 0 Å². The van der Waals surface area contributed by atoms with Gasteiger partial charge in [0.15, 0.2) is 0 Å². The van der Waals surface area contributed by atoms with Crippen molar-refractivity contribution in [2.24, 2.45) is 0 Å². The molecule has 0 N–H and O–H groups in total. The molecule has 0 spiro atoms. The van der Waals surface area contributed by atoms with Gasteiger partial charge in [0.1, 0.15) is 5.82 Å². The molecule has 1 fully saturated rings. The van der Waals surface area contributed by atoms with Crippen LogP contribution in [0.4, 0.5) is 0 Å². The summed E-state index contributed by atoms with van der Waals surface area (Å²) in [5, 5.41) is 15.7. The second kappa shape index (κ2) is 5.43. The molecule has 3 aromatic heterocycles. The number of hydrogen-bond acceptors (Lipinski definition) is 5. The average Bonchev–Trinajstić information content (AvgIpc) is 3.18. The highest BCUT2D eigenvalue weighted by molar-refractivity contribution is 7.17. The van der Waals surface area contributed by atoms with Gasteiger partial charge in [0.25, 0.3) is 0 Å². The average molecular weight is 323 g/mol. The van der Waals surface area contributed by atoms with Gasteiger partial charge >= 0.3 is 0 Å². The van der Waals surface area contributed by atoms with E-state index in [0.717, 1.165) is 46.6 Å². The van der Waals surface area contributed by atoms with Crippen LogP contribution < -0.4 is 0 Å². The van der Waals surface area contributed by atoms with Crippen molar-refractivity contribution in [3.8, 4) is 17.3 Å². The molecule has 0 aromatic carbocycles. The predicted octanol–water partition coefficient (Wildman–Crippen LogP) is 3.91. The molecular formula is C17H17N5S. The molecule has 116 valence electrons. The van der Waals surface area contributed by atoms with Crippen LogP contribution in [0.15, 0.2) is 23.8 Å². The van der Waals surface area contributed by atoms with E-state index in [9.17, 15) is 0 Å². The van der Waals surface area contributed by atoms with Gasteiger partial charge in [-0.25, -0.2) is 9.97 Å². The largest absolute Gasteiger partial charge is 0.265 e. The minimum Gasteiger partial charge on any atom is -0.265 e. The Morgan fingerprint density at radius 2 is 2.26 bits per heavy atom. The third-order valence-corrected chi connectivity index (χ3v) is 5.61. The molecule has 5 nitrogen and oxygen atoms in total. The molecule has 0 saturated heterocycles. The first kappa shape index (κ1) is 14.3. The van der Waals surface area contributed by atoms with Crippen molar-refractivity contribution in [1.82, 2.24) is 19.7 Å². The SMILES string of the molecule is CCc1nc(-c2cnn(C3(CC#N)CCC3)c2)c2sccc2n1. The summed E-state index contributed by atoms with van der Waals surface area (Å²) < 4.78 is 3.09. The lowest BCUT2D eigenvalue weighted by Crippen LogP contribution is -2.40. The van der Waals surface area contributed by atoms with Crippen molar-refractivity contribution in [1.29, 1.82) is 5.26 Å². The first-order chi connectivity index (χ1) is 11.3. The molecule has 0 aliphatic heterocycles. The zero-order valence-electron chi connectivity index (χ0n) is 13.0. The summed E-state index contributed by atoms with van der Waals surface area (Å²) in [5.74, 6) is 0.856. The maximum Gasteiger partial charge on any atom is 0.129 e. The first-order valence-corrected chi connectivity index (χ1v) is 8.80. The van der Waals surface area contributed by atoms with Crippen LogP contribution in [-0.4, -0.2) is 19.7 Å². The van der Waals surface area contributed by atoms with Gasteiger partial charge in [0, 0.05) is 18.2 Å². The van der Waals surface area contributed by atoms with Gasteiger partial charge < -0.3 is 0 Å². The van der Waals surface area contributed by atoms with Crippen molar-refractivity contribution in [2.75, 3.05) is 0 Å². The summed E-state index contributed by atoms with van der Waals surface area (Å²) in [4.78, 5) is 9.31. The topological polar surface area (TPSA) is 67.4 Å². The molecule has 0 atom stereocenters. The summed E-state index contributed by atoms with van der Waals surface area (Å²) in [6.07, 6.45) is 8.48. The number of thiophene rings is 1. The molecule has 0 amide bonds. The van der Waals surface area contributed by atoms with Crippen molar-refractivity contribution in [3.05, 3.63) is 29.7 Å². The third-order valence-electron chi connectivity index (χ3n) is 4.70. The summed E-state index contributed by atoms with van der Waals surface area (Å²) in [6.45, 7) is 2.07. The highest BCUT2D eigenvalue weighted by Gasteiger charge is 2.39. The molecule has 0 radical (unpaired) electrons. The number of nitrogens with zero attached hydrogens (tertiary/aromatic N) is 5. The molecular weight excluding hydrogens is 306 g/mol. The monoisotopic (exact) mass is 323 g/mol. The summed E-state index contributed by atoms with van der Waals surface area (Å²) in [7, 11) is 0. The molecule has 6 heteroatoms. The van der Waals surface area contributed by atoms with E-state index in [0.29, 0.717) is 6.42 Å². The Labute approximate surface area is 138 Å². The number of aromatic nitrogens is 4.